The van der Waals surface area contributed by atoms with Crippen LogP contribution in [0.25, 0.3) is 0 Å². The number of aryl methyl sites for hydroxylation is 1. The Hall–Kier alpha value is -1.58. The van der Waals surface area contributed by atoms with Crippen molar-refractivity contribution in [2.24, 2.45) is 5.73 Å². The molecule has 98 valence electrons. The number of rotatable bonds is 4. The molecule has 0 fully saturated rings. The standard InChI is InChI=1S/C15H14ClNOS/c1-10-4-2-5-11(8-10)9-18-13-7-3-6-12(16)14(13)15(17)19/h2-8H,9H2,1H3,(H2,17,19). The number of ether oxygens (including phenoxy) is 1. The number of hydrogen-bond donors (Lipinski definition) is 1. The van der Waals surface area contributed by atoms with Crippen LogP contribution in [0, 0.1) is 6.92 Å². The molecule has 2 aromatic carbocycles. The zero-order chi connectivity index (χ0) is 13.8. The second-order valence-corrected chi connectivity index (χ2v) is 5.10. The van der Waals surface area contributed by atoms with E-state index in [0.717, 1.165) is 5.56 Å². The second-order valence-electron chi connectivity index (χ2n) is 4.25. The Morgan fingerprint density at radius 1 is 1.26 bits per heavy atom. The molecule has 0 amide bonds. The van der Waals surface area contributed by atoms with Crippen LogP contribution in [-0.4, -0.2) is 4.99 Å². The van der Waals surface area contributed by atoms with E-state index in [0.29, 0.717) is 22.9 Å². The molecule has 2 N–H and O–H groups in total. The van der Waals surface area contributed by atoms with E-state index >= 15 is 0 Å². The maximum atomic E-state index is 6.08. The third-order valence-electron chi connectivity index (χ3n) is 2.70. The minimum absolute atomic E-state index is 0.241. The number of thiocarbonyl (C=S) groups is 1. The van der Waals surface area contributed by atoms with E-state index in [-0.39, 0.29) is 4.99 Å². The molecule has 0 spiro atoms. The largest absolute Gasteiger partial charge is 0.488 e. The lowest BCUT2D eigenvalue weighted by molar-refractivity contribution is 0.305. The average molecular weight is 292 g/mol. The molecule has 19 heavy (non-hydrogen) atoms. The summed E-state index contributed by atoms with van der Waals surface area (Å²) in [6, 6.07) is 13.5. The summed E-state index contributed by atoms with van der Waals surface area (Å²) in [6.45, 7) is 2.50. The summed E-state index contributed by atoms with van der Waals surface area (Å²) in [7, 11) is 0. The summed E-state index contributed by atoms with van der Waals surface area (Å²) in [4.78, 5) is 0.241. The van der Waals surface area contributed by atoms with Crippen LogP contribution in [0.15, 0.2) is 42.5 Å². The molecule has 0 bridgehead atoms. The molecule has 0 atom stereocenters. The van der Waals surface area contributed by atoms with Gasteiger partial charge in [-0.15, -0.1) is 0 Å². The second kappa shape index (κ2) is 6.04. The highest BCUT2D eigenvalue weighted by Crippen LogP contribution is 2.27. The zero-order valence-electron chi connectivity index (χ0n) is 10.5. The lowest BCUT2D eigenvalue weighted by Crippen LogP contribution is -2.12. The summed E-state index contributed by atoms with van der Waals surface area (Å²) in [5.41, 5.74) is 8.55. The van der Waals surface area contributed by atoms with Crippen molar-refractivity contribution < 1.29 is 4.74 Å². The van der Waals surface area contributed by atoms with Gasteiger partial charge in [0.1, 0.15) is 17.3 Å². The number of hydrogen-bond acceptors (Lipinski definition) is 2. The Balaban J connectivity index is 2.20. The molecular weight excluding hydrogens is 278 g/mol. The first-order valence-electron chi connectivity index (χ1n) is 5.84. The van der Waals surface area contributed by atoms with Gasteiger partial charge in [-0.25, -0.2) is 0 Å². The minimum Gasteiger partial charge on any atom is -0.488 e. The zero-order valence-corrected chi connectivity index (χ0v) is 12.1. The Morgan fingerprint density at radius 3 is 2.68 bits per heavy atom. The van der Waals surface area contributed by atoms with E-state index in [4.69, 9.17) is 34.3 Å². The van der Waals surface area contributed by atoms with Gasteiger partial charge in [-0.05, 0) is 24.6 Å². The van der Waals surface area contributed by atoms with E-state index in [1.807, 2.05) is 37.3 Å². The van der Waals surface area contributed by atoms with Gasteiger partial charge >= 0.3 is 0 Å². The molecule has 0 aromatic heterocycles. The molecule has 0 aliphatic carbocycles. The van der Waals surface area contributed by atoms with Gasteiger partial charge in [0.2, 0.25) is 0 Å². The molecule has 0 unspecified atom stereocenters. The summed E-state index contributed by atoms with van der Waals surface area (Å²) in [5.74, 6) is 0.613. The molecule has 0 radical (unpaired) electrons. The molecule has 0 aliphatic rings. The summed E-state index contributed by atoms with van der Waals surface area (Å²) >= 11 is 11.1. The van der Waals surface area contributed by atoms with Crippen LogP contribution >= 0.6 is 23.8 Å². The Morgan fingerprint density at radius 2 is 2.00 bits per heavy atom. The Bertz CT molecular complexity index is 613. The first-order chi connectivity index (χ1) is 9.08. The van der Waals surface area contributed by atoms with E-state index < -0.39 is 0 Å². The van der Waals surface area contributed by atoms with Crippen LogP contribution in [0.5, 0.6) is 5.75 Å². The van der Waals surface area contributed by atoms with Gasteiger partial charge in [0.05, 0.1) is 10.6 Å². The quantitative estimate of drug-likeness (QED) is 0.869. The van der Waals surface area contributed by atoms with Crippen LogP contribution in [-0.2, 0) is 6.61 Å². The first kappa shape index (κ1) is 13.8. The number of nitrogens with two attached hydrogens (primary N) is 1. The molecule has 2 rings (SSSR count). The monoisotopic (exact) mass is 291 g/mol. The third kappa shape index (κ3) is 3.46. The van der Waals surface area contributed by atoms with Crippen molar-refractivity contribution >= 4 is 28.8 Å². The van der Waals surface area contributed by atoms with E-state index in [9.17, 15) is 0 Å². The van der Waals surface area contributed by atoms with Crippen LogP contribution in [0.2, 0.25) is 5.02 Å². The van der Waals surface area contributed by atoms with Crippen molar-refractivity contribution in [1.29, 1.82) is 0 Å². The first-order valence-corrected chi connectivity index (χ1v) is 6.63. The van der Waals surface area contributed by atoms with Crippen molar-refractivity contribution in [3.63, 3.8) is 0 Å². The maximum Gasteiger partial charge on any atom is 0.131 e. The molecule has 0 saturated carbocycles. The van der Waals surface area contributed by atoms with E-state index in [1.165, 1.54) is 5.56 Å². The fourth-order valence-corrected chi connectivity index (χ4v) is 2.36. The highest BCUT2D eigenvalue weighted by molar-refractivity contribution is 7.80. The number of benzene rings is 2. The van der Waals surface area contributed by atoms with Gasteiger partial charge in [-0.3, -0.25) is 0 Å². The molecule has 0 aliphatic heterocycles. The van der Waals surface area contributed by atoms with Gasteiger partial charge in [0, 0.05) is 0 Å². The molecular formula is C15H14ClNOS. The minimum atomic E-state index is 0.241. The van der Waals surface area contributed by atoms with Gasteiger partial charge < -0.3 is 10.5 Å². The van der Waals surface area contributed by atoms with Crippen molar-refractivity contribution in [1.82, 2.24) is 0 Å². The highest BCUT2D eigenvalue weighted by Gasteiger charge is 2.10. The highest BCUT2D eigenvalue weighted by atomic mass is 35.5. The van der Waals surface area contributed by atoms with E-state index in [2.05, 4.69) is 6.07 Å². The van der Waals surface area contributed by atoms with Gasteiger partial charge in [0.25, 0.3) is 0 Å². The lowest BCUT2D eigenvalue weighted by Gasteiger charge is -2.12. The fraction of sp³-hybridized carbons (Fsp3) is 0.133. The van der Waals surface area contributed by atoms with Gasteiger partial charge in [-0.1, -0.05) is 59.7 Å². The fourth-order valence-electron chi connectivity index (χ4n) is 1.83. The SMILES string of the molecule is Cc1cccc(COc2cccc(Cl)c2C(N)=S)c1. The Kier molecular flexibility index (Phi) is 4.40. The van der Waals surface area contributed by atoms with Gasteiger partial charge in [0.15, 0.2) is 0 Å². The molecule has 2 nitrogen and oxygen atoms in total. The maximum absolute atomic E-state index is 6.08. The summed E-state index contributed by atoms with van der Waals surface area (Å²) in [6.07, 6.45) is 0. The number of halogens is 1. The van der Waals surface area contributed by atoms with Crippen molar-refractivity contribution in [3.8, 4) is 5.75 Å². The Labute approximate surface area is 123 Å². The van der Waals surface area contributed by atoms with Crippen molar-refractivity contribution in [2.45, 2.75) is 13.5 Å². The third-order valence-corrected chi connectivity index (χ3v) is 3.22. The smallest absolute Gasteiger partial charge is 0.131 e. The summed E-state index contributed by atoms with van der Waals surface area (Å²) < 4.78 is 5.77. The average Bonchev–Trinajstić information content (AvgIpc) is 2.36. The van der Waals surface area contributed by atoms with Crippen LogP contribution in [0.3, 0.4) is 0 Å². The van der Waals surface area contributed by atoms with Crippen LogP contribution in [0.1, 0.15) is 16.7 Å². The topological polar surface area (TPSA) is 35.2 Å². The van der Waals surface area contributed by atoms with Crippen LogP contribution < -0.4 is 10.5 Å². The predicted molar refractivity (Wildman–Crippen MR) is 82.9 cm³/mol. The molecule has 2 aromatic rings. The predicted octanol–water partition coefficient (Wildman–Crippen LogP) is 3.86. The van der Waals surface area contributed by atoms with Crippen molar-refractivity contribution in [2.75, 3.05) is 0 Å². The lowest BCUT2D eigenvalue weighted by atomic mass is 10.1. The molecule has 4 heteroatoms. The van der Waals surface area contributed by atoms with Crippen LogP contribution in [0.4, 0.5) is 0 Å². The molecule has 0 heterocycles. The van der Waals surface area contributed by atoms with E-state index in [1.54, 1.807) is 6.07 Å². The van der Waals surface area contributed by atoms with Crippen molar-refractivity contribution in [3.05, 3.63) is 64.2 Å². The normalized spacial score (nSPS) is 10.2. The molecule has 0 saturated heterocycles. The van der Waals surface area contributed by atoms with Gasteiger partial charge in [-0.2, -0.15) is 0 Å². The summed E-state index contributed by atoms with van der Waals surface area (Å²) in [5, 5.41) is 0.509.